The Balaban J connectivity index is 2.04. The van der Waals surface area contributed by atoms with Crippen molar-refractivity contribution in [2.75, 3.05) is 0 Å². The van der Waals surface area contributed by atoms with Gasteiger partial charge in [-0.2, -0.15) is 0 Å². The Morgan fingerprint density at radius 1 is 1.22 bits per heavy atom. The number of rotatable bonds is 5. The number of nitro benzene ring substituents is 1. The summed E-state index contributed by atoms with van der Waals surface area (Å²) in [6.07, 6.45) is -0.262. The van der Waals surface area contributed by atoms with Crippen molar-refractivity contribution in [1.29, 1.82) is 0 Å². The van der Waals surface area contributed by atoms with Crippen LogP contribution in [0.15, 0.2) is 53.7 Å². The second-order valence-corrected chi connectivity index (χ2v) is 4.87. The largest absolute Gasteiger partial charge is 0.380 e. The molecule has 0 atom stereocenters. The highest BCUT2D eigenvalue weighted by Gasteiger charge is 2.16. The van der Waals surface area contributed by atoms with Gasteiger partial charge in [-0.3, -0.25) is 10.1 Å². The van der Waals surface area contributed by atoms with Crippen LogP contribution >= 0.6 is 0 Å². The molecule has 0 bridgehead atoms. The lowest BCUT2D eigenvalue weighted by Crippen LogP contribution is -2.16. The summed E-state index contributed by atoms with van der Waals surface area (Å²) < 4.78 is 0. The second kappa shape index (κ2) is 7.17. The number of amidine groups is 1. The second-order valence-electron chi connectivity index (χ2n) is 4.87. The summed E-state index contributed by atoms with van der Waals surface area (Å²) in [5, 5.41) is 14.5. The molecule has 0 saturated heterocycles. The molecule has 2 aromatic carbocycles. The molecule has 2 N–H and O–H groups in total. The van der Waals surface area contributed by atoms with E-state index >= 15 is 0 Å². The fourth-order valence-corrected chi connectivity index (χ4v) is 1.90. The van der Waals surface area contributed by atoms with E-state index in [1.165, 1.54) is 18.2 Å². The normalized spacial score (nSPS) is 11.1. The molecule has 0 aromatic heterocycles. The van der Waals surface area contributed by atoms with Gasteiger partial charge in [0.05, 0.1) is 11.3 Å². The summed E-state index contributed by atoms with van der Waals surface area (Å²) in [4.78, 5) is 26.8. The number of carbonyl (C=O) groups excluding carboxylic acids is 1. The highest BCUT2D eigenvalue weighted by molar-refractivity contribution is 5.97. The molecule has 0 aliphatic rings. The van der Waals surface area contributed by atoms with Gasteiger partial charge in [0.2, 0.25) is 0 Å². The number of aryl methyl sites for hydroxylation is 1. The standard InChI is InChI=1S/C16H15N3O4/c1-11-6-8-12(9-7-11)16(17)18-23-15(20)10-13-4-2-3-5-14(13)19(21)22/h2-9H,10H2,1H3,(H2,17,18). The lowest BCUT2D eigenvalue weighted by atomic mass is 10.1. The first kappa shape index (κ1) is 16.2. The molecule has 0 spiro atoms. The zero-order valence-electron chi connectivity index (χ0n) is 12.4. The Morgan fingerprint density at radius 3 is 2.52 bits per heavy atom. The molecule has 0 unspecified atom stereocenters. The van der Waals surface area contributed by atoms with Gasteiger partial charge in [-0.1, -0.05) is 53.2 Å². The number of para-hydroxylation sites is 1. The Labute approximate surface area is 132 Å². The minimum absolute atomic E-state index is 0.0564. The molecule has 0 amide bonds. The molecule has 2 rings (SSSR count). The van der Waals surface area contributed by atoms with E-state index in [9.17, 15) is 14.9 Å². The molecule has 23 heavy (non-hydrogen) atoms. The Morgan fingerprint density at radius 2 is 1.87 bits per heavy atom. The van der Waals surface area contributed by atoms with Crippen molar-refractivity contribution in [3.05, 3.63) is 75.3 Å². The lowest BCUT2D eigenvalue weighted by molar-refractivity contribution is -0.385. The first-order valence-electron chi connectivity index (χ1n) is 6.80. The van der Waals surface area contributed by atoms with E-state index in [0.717, 1.165) is 5.56 Å². The molecule has 7 heteroatoms. The summed E-state index contributed by atoms with van der Waals surface area (Å²) in [5.41, 5.74) is 7.53. The van der Waals surface area contributed by atoms with Gasteiger partial charge >= 0.3 is 5.97 Å². The quantitative estimate of drug-likeness (QED) is 0.299. The van der Waals surface area contributed by atoms with Crippen molar-refractivity contribution in [2.24, 2.45) is 10.9 Å². The molecule has 0 saturated carbocycles. The van der Waals surface area contributed by atoms with E-state index in [1.54, 1.807) is 18.2 Å². The maximum atomic E-state index is 11.8. The summed E-state index contributed by atoms with van der Waals surface area (Å²) in [7, 11) is 0. The molecule has 118 valence electrons. The van der Waals surface area contributed by atoms with Crippen molar-refractivity contribution < 1.29 is 14.6 Å². The molecule has 0 aliphatic heterocycles. The lowest BCUT2D eigenvalue weighted by Gasteiger charge is -2.03. The van der Waals surface area contributed by atoms with Crippen molar-refractivity contribution in [2.45, 2.75) is 13.3 Å². The third-order valence-corrected chi connectivity index (χ3v) is 3.12. The molecule has 0 aliphatic carbocycles. The van der Waals surface area contributed by atoms with E-state index in [0.29, 0.717) is 5.56 Å². The van der Waals surface area contributed by atoms with Crippen LogP contribution in [-0.2, 0) is 16.1 Å². The van der Waals surface area contributed by atoms with Gasteiger partial charge in [-0.25, -0.2) is 4.79 Å². The predicted molar refractivity (Wildman–Crippen MR) is 84.8 cm³/mol. The fraction of sp³-hybridized carbons (Fsp3) is 0.125. The molecular weight excluding hydrogens is 298 g/mol. The van der Waals surface area contributed by atoms with Crippen LogP contribution in [0.2, 0.25) is 0 Å². The van der Waals surface area contributed by atoms with Crippen molar-refractivity contribution >= 4 is 17.5 Å². The van der Waals surface area contributed by atoms with E-state index in [1.807, 2.05) is 19.1 Å². The number of hydrogen-bond donors (Lipinski definition) is 1. The topological polar surface area (TPSA) is 108 Å². The third-order valence-electron chi connectivity index (χ3n) is 3.12. The highest BCUT2D eigenvalue weighted by Crippen LogP contribution is 2.18. The number of hydrogen-bond acceptors (Lipinski definition) is 5. The van der Waals surface area contributed by atoms with E-state index in [4.69, 9.17) is 10.6 Å². The van der Waals surface area contributed by atoms with Crippen LogP contribution in [0.3, 0.4) is 0 Å². The van der Waals surface area contributed by atoms with Gasteiger partial charge in [0.15, 0.2) is 5.84 Å². The Kier molecular flexibility index (Phi) is 5.03. The van der Waals surface area contributed by atoms with E-state index in [-0.39, 0.29) is 23.5 Å². The fourth-order valence-electron chi connectivity index (χ4n) is 1.90. The zero-order chi connectivity index (χ0) is 16.8. The maximum absolute atomic E-state index is 11.8. The van der Waals surface area contributed by atoms with Crippen LogP contribution in [0.1, 0.15) is 16.7 Å². The first-order chi connectivity index (χ1) is 11.0. The van der Waals surface area contributed by atoms with Gasteiger partial charge in [-0.05, 0) is 6.92 Å². The number of oxime groups is 1. The molecule has 7 nitrogen and oxygen atoms in total. The summed E-state index contributed by atoms with van der Waals surface area (Å²) in [5.74, 6) is -0.671. The summed E-state index contributed by atoms with van der Waals surface area (Å²) >= 11 is 0. The number of carbonyl (C=O) groups is 1. The molecular formula is C16H15N3O4. The van der Waals surface area contributed by atoms with Gasteiger partial charge in [0, 0.05) is 17.2 Å². The minimum atomic E-state index is -0.727. The van der Waals surface area contributed by atoms with E-state index in [2.05, 4.69) is 5.16 Å². The van der Waals surface area contributed by atoms with Crippen LogP contribution in [0.4, 0.5) is 5.69 Å². The first-order valence-corrected chi connectivity index (χ1v) is 6.80. The minimum Gasteiger partial charge on any atom is -0.380 e. The van der Waals surface area contributed by atoms with Crippen LogP contribution in [-0.4, -0.2) is 16.7 Å². The van der Waals surface area contributed by atoms with Gasteiger partial charge < -0.3 is 10.6 Å². The number of nitro groups is 1. The van der Waals surface area contributed by atoms with Gasteiger partial charge in [0.1, 0.15) is 0 Å². The van der Waals surface area contributed by atoms with Gasteiger partial charge in [-0.15, -0.1) is 0 Å². The van der Waals surface area contributed by atoms with Crippen molar-refractivity contribution in [1.82, 2.24) is 0 Å². The average molecular weight is 313 g/mol. The van der Waals surface area contributed by atoms with Crippen molar-refractivity contribution in [3.63, 3.8) is 0 Å². The van der Waals surface area contributed by atoms with Crippen molar-refractivity contribution in [3.8, 4) is 0 Å². The molecule has 0 heterocycles. The van der Waals surface area contributed by atoms with Gasteiger partial charge in [0.25, 0.3) is 5.69 Å². The molecule has 2 aromatic rings. The monoisotopic (exact) mass is 313 g/mol. The summed E-state index contributed by atoms with van der Waals surface area (Å²) in [6, 6.07) is 13.2. The maximum Gasteiger partial charge on any atom is 0.339 e. The predicted octanol–water partition coefficient (Wildman–Crippen LogP) is 2.31. The number of benzene rings is 2. The Hall–Kier alpha value is -3.22. The number of nitrogens with two attached hydrogens (primary N) is 1. The van der Waals surface area contributed by atoms with E-state index < -0.39 is 10.9 Å². The van der Waals surface area contributed by atoms with Crippen LogP contribution in [0, 0.1) is 17.0 Å². The third kappa shape index (κ3) is 4.37. The Bertz CT molecular complexity index is 754. The van der Waals surface area contributed by atoms with Crippen LogP contribution in [0.25, 0.3) is 0 Å². The smallest absolute Gasteiger partial charge is 0.339 e. The highest BCUT2D eigenvalue weighted by atomic mass is 16.7. The number of nitrogens with zero attached hydrogens (tertiary/aromatic N) is 2. The van der Waals surface area contributed by atoms with Crippen LogP contribution in [0.5, 0.6) is 0 Å². The molecule has 0 radical (unpaired) electrons. The average Bonchev–Trinajstić information content (AvgIpc) is 2.53. The van der Waals surface area contributed by atoms with Crippen LogP contribution < -0.4 is 5.73 Å². The summed E-state index contributed by atoms with van der Waals surface area (Å²) in [6.45, 7) is 1.93. The zero-order valence-corrected chi connectivity index (χ0v) is 12.4. The molecule has 0 fully saturated rings. The SMILES string of the molecule is Cc1ccc(/C(N)=N/OC(=O)Cc2ccccc2[N+](=O)[O-])cc1.